The van der Waals surface area contributed by atoms with Gasteiger partial charge in [0, 0.05) is 16.8 Å². The van der Waals surface area contributed by atoms with Gasteiger partial charge >= 0.3 is 0 Å². The maximum atomic E-state index is 11.6. The molecule has 1 saturated heterocycles. The van der Waals surface area contributed by atoms with Crippen LogP contribution >= 0.6 is 11.6 Å². The number of methoxy groups -OCH3 is 1. The van der Waals surface area contributed by atoms with Crippen molar-refractivity contribution in [2.75, 3.05) is 30.8 Å². The van der Waals surface area contributed by atoms with Crippen molar-refractivity contribution in [3.8, 4) is 5.75 Å². The molecular formula is C25H27ClN6O2. The summed E-state index contributed by atoms with van der Waals surface area (Å²) in [5.74, 6) is 1.33. The minimum Gasteiger partial charge on any atom is -0.495 e. The molecule has 176 valence electrons. The minimum absolute atomic E-state index is 0.185. The Morgan fingerprint density at radius 3 is 2.68 bits per heavy atom. The first-order chi connectivity index (χ1) is 16.5. The van der Waals surface area contributed by atoms with E-state index in [1.807, 2.05) is 12.1 Å². The van der Waals surface area contributed by atoms with E-state index >= 15 is 0 Å². The molecule has 0 saturated carbocycles. The van der Waals surface area contributed by atoms with Gasteiger partial charge in [-0.2, -0.15) is 4.98 Å². The van der Waals surface area contributed by atoms with Crippen molar-refractivity contribution >= 4 is 46.2 Å². The van der Waals surface area contributed by atoms with E-state index in [0.29, 0.717) is 39.7 Å². The van der Waals surface area contributed by atoms with Gasteiger partial charge in [0.1, 0.15) is 10.8 Å². The maximum absolute atomic E-state index is 11.6. The summed E-state index contributed by atoms with van der Waals surface area (Å²) in [5, 5.41) is 10.1. The number of ether oxygens (including phenoxy) is 1. The van der Waals surface area contributed by atoms with Crippen LogP contribution in [0.25, 0.3) is 5.57 Å². The molecular weight excluding hydrogens is 452 g/mol. The highest BCUT2D eigenvalue weighted by molar-refractivity contribution is 6.33. The number of carbonyl (C=O) groups excluding carboxylic acids is 1. The van der Waals surface area contributed by atoms with Crippen molar-refractivity contribution in [1.29, 1.82) is 0 Å². The average Bonchev–Trinajstić information content (AvgIpc) is 2.86. The number of nitrogens with one attached hydrogen (secondary N) is 3. The molecule has 1 aliphatic heterocycles. The lowest BCUT2D eigenvalue weighted by Crippen LogP contribution is -2.26. The summed E-state index contributed by atoms with van der Waals surface area (Å²) in [4.78, 5) is 20.5. The molecule has 0 spiro atoms. The van der Waals surface area contributed by atoms with Crippen LogP contribution in [0, 0.1) is 0 Å². The number of carbonyl (C=O) groups is 1. The van der Waals surface area contributed by atoms with E-state index in [9.17, 15) is 4.79 Å². The number of primary amides is 1. The number of amides is 1. The number of rotatable bonds is 8. The van der Waals surface area contributed by atoms with Crippen LogP contribution in [0.15, 0.2) is 55.2 Å². The molecule has 9 heteroatoms. The first-order valence-electron chi connectivity index (χ1n) is 11.0. The van der Waals surface area contributed by atoms with Gasteiger partial charge in [-0.15, -0.1) is 0 Å². The third-order valence-electron chi connectivity index (χ3n) is 5.83. The SMILES string of the molecule is C=C(C(N)=O)c1ccccc1Nc1nc(Nc2ccc(C3CCNCC3)cc2OC)ncc1Cl. The van der Waals surface area contributed by atoms with E-state index in [-0.39, 0.29) is 5.57 Å². The van der Waals surface area contributed by atoms with Gasteiger partial charge in [-0.25, -0.2) is 4.98 Å². The number of piperidine rings is 1. The first kappa shape index (κ1) is 23.5. The molecule has 5 N–H and O–H groups in total. The molecule has 1 aromatic heterocycles. The molecule has 3 aromatic rings. The molecule has 1 amide bonds. The third kappa shape index (κ3) is 5.30. The summed E-state index contributed by atoms with van der Waals surface area (Å²) < 4.78 is 5.63. The Kier molecular flexibility index (Phi) is 7.30. The summed E-state index contributed by atoms with van der Waals surface area (Å²) in [6.45, 7) is 5.82. The van der Waals surface area contributed by atoms with Gasteiger partial charge in [-0.1, -0.05) is 42.4 Å². The zero-order chi connectivity index (χ0) is 24.1. The van der Waals surface area contributed by atoms with E-state index in [2.05, 4.69) is 44.6 Å². The molecule has 8 nitrogen and oxygen atoms in total. The van der Waals surface area contributed by atoms with Crippen LogP contribution in [0.4, 0.5) is 23.1 Å². The van der Waals surface area contributed by atoms with Crippen LogP contribution in [-0.4, -0.2) is 36.1 Å². The fraction of sp³-hybridized carbons (Fsp3) is 0.240. The Labute approximate surface area is 203 Å². The number of nitrogens with zero attached hydrogens (tertiary/aromatic N) is 2. The van der Waals surface area contributed by atoms with Crippen LogP contribution in [0.5, 0.6) is 5.75 Å². The highest BCUT2D eigenvalue weighted by Crippen LogP contribution is 2.34. The number of halogens is 1. The molecule has 0 atom stereocenters. The Bertz CT molecular complexity index is 1210. The van der Waals surface area contributed by atoms with Gasteiger partial charge in [0.15, 0.2) is 5.82 Å². The van der Waals surface area contributed by atoms with Crippen LogP contribution < -0.4 is 26.4 Å². The second-order valence-electron chi connectivity index (χ2n) is 8.01. The number of aromatic nitrogens is 2. The van der Waals surface area contributed by atoms with Gasteiger partial charge in [0.05, 0.1) is 19.0 Å². The Morgan fingerprint density at radius 1 is 1.18 bits per heavy atom. The van der Waals surface area contributed by atoms with Crippen molar-refractivity contribution in [1.82, 2.24) is 15.3 Å². The topological polar surface area (TPSA) is 114 Å². The molecule has 0 radical (unpaired) electrons. The van der Waals surface area contributed by atoms with Crippen molar-refractivity contribution in [2.24, 2.45) is 5.73 Å². The van der Waals surface area contributed by atoms with Crippen LogP contribution in [-0.2, 0) is 4.79 Å². The quantitative estimate of drug-likeness (QED) is 0.350. The Balaban J connectivity index is 1.58. The van der Waals surface area contributed by atoms with E-state index < -0.39 is 5.91 Å². The number of hydrogen-bond acceptors (Lipinski definition) is 7. The van der Waals surface area contributed by atoms with E-state index in [1.165, 1.54) is 11.8 Å². The molecule has 1 aliphatic rings. The first-order valence-corrected chi connectivity index (χ1v) is 11.4. The largest absolute Gasteiger partial charge is 0.495 e. The van der Waals surface area contributed by atoms with Crippen LogP contribution in [0.3, 0.4) is 0 Å². The number of anilines is 4. The molecule has 0 bridgehead atoms. The van der Waals surface area contributed by atoms with Gasteiger partial charge in [0.2, 0.25) is 11.9 Å². The van der Waals surface area contributed by atoms with E-state index in [1.54, 1.807) is 25.3 Å². The summed E-state index contributed by atoms with van der Waals surface area (Å²) in [6.07, 6.45) is 3.71. The van der Waals surface area contributed by atoms with Gasteiger partial charge in [0.25, 0.3) is 0 Å². The van der Waals surface area contributed by atoms with Crippen LogP contribution in [0.1, 0.15) is 29.9 Å². The molecule has 2 aromatic carbocycles. The van der Waals surface area contributed by atoms with E-state index in [4.69, 9.17) is 22.1 Å². The summed E-state index contributed by atoms with van der Waals surface area (Å²) >= 11 is 6.35. The predicted octanol–water partition coefficient (Wildman–Crippen LogP) is 4.59. The van der Waals surface area contributed by atoms with Crippen molar-refractivity contribution in [3.05, 3.63) is 71.4 Å². The second kappa shape index (κ2) is 10.5. The second-order valence-corrected chi connectivity index (χ2v) is 8.42. The summed E-state index contributed by atoms with van der Waals surface area (Å²) in [5.41, 5.74) is 8.77. The normalized spacial score (nSPS) is 13.8. The molecule has 2 heterocycles. The molecule has 34 heavy (non-hydrogen) atoms. The lowest BCUT2D eigenvalue weighted by atomic mass is 9.90. The van der Waals surface area contributed by atoms with Crippen molar-refractivity contribution in [2.45, 2.75) is 18.8 Å². The Morgan fingerprint density at radius 2 is 1.94 bits per heavy atom. The fourth-order valence-electron chi connectivity index (χ4n) is 3.97. The fourth-order valence-corrected chi connectivity index (χ4v) is 4.11. The molecule has 4 rings (SSSR count). The number of nitrogens with two attached hydrogens (primary N) is 1. The molecule has 0 unspecified atom stereocenters. The van der Waals surface area contributed by atoms with Gasteiger partial charge in [-0.3, -0.25) is 4.79 Å². The van der Waals surface area contributed by atoms with Crippen molar-refractivity contribution in [3.63, 3.8) is 0 Å². The lowest BCUT2D eigenvalue weighted by molar-refractivity contribution is -0.112. The monoisotopic (exact) mass is 478 g/mol. The highest BCUT2D eigenvalue weighted by atomic mass is 35.5. The average molecular weight is 479 g/mol. The lowest BCUT2D eigenvalue weighted by Gasteiger charge is -2.24. The highest BCUT2D eigenvalue weighted by Gasteiger charge is 2.18. The number of para-hydroxylation sites is 1. The number of hydrogen-bond donors (Lipinski definition) is 4. The molecule has 0 aliphatic carbocycles. The van der Waals surface area contributed by atoms with Crippen molar-refractivity contribution < 1.29 is 9.53 Å². The Hall–Kier alpha value is -3.62. The smallest absolute Gasteiger partial charge is 0.248 e. The standard InChI is InChI=1S/C25H27ClN6O2/c1-15(23(27)33)18-5-3-4-6-20(18)30-24-19(26)14-29-25(32-24)31-21-8-7-17(13-22(21)34-2)16-9-11-28-12-10-16/h3-8,13-14,16,28H,1,9-12H2,2H3,(H2,27,33)(H2,29,30,31,32). The van der Waals surface area contributed by atoms with Gasteiger partial charge < -0.3 is 26.4 Å². The van der Waals surface area contributed by atoms with E-state index in [0.717, 1.165) is 31.6 Å². The zero-order valence-electron chi connectivity index (χ0n) is 18.9. The van der Waals surface area contributed by atoms with Gasteiger partial charge in [-0.05, 0) is 55.6 Å². The molecule has 1 fully saturated rings. The predicted molar refractivity (Wildman–Crippen MR) is 136 cm³/mol. The maximum Gasteiger partial charge on any atom is 0.248 e. The minimum atomic E-state index is -0.606. The van der Waals surface area contributed by atoms with Crippen LogP contribution in [0.2, 0.25) is 5.02 Å². The summed E-state index contributed by atoms with van der Waals surface area (Å²) in [7, 11) is 1.64. The third-order valence-corrected chi connectivity index (χ3v) is 6.11. The zero-order valence-corrected chi connectivity index (χ0v) is 19.7. The summed E-state index contributed by atoms with van der Waals surface area (Å²) in [6, 6.07) is 13.3. The number of benzene rings is 2.